The molecule has 0 aliphatic heterocycles. The molecule has 2 aromatic heterocycles. The summed E-state index contributed by atoms with van der Waals surface area (Å²) < 4.78 is 13.4. The molecule has 2 N–H and O–H groups in total. The predicted molar refractivity (Wildman–Crippen MR) is 109 cm³/mol. The molecule has 4 aromatic rings. The number of halogens is 1. The fraction of sp³-hybridized carbons (Fsp3) is 0.0952. The van der Waals surface area contributed by atoms with E-state index in [0.717, 1.165) is 31.9 Å². The Morgan fingerprint density at radius 3 is 2.36 bits per heavy atom. The van der Waals surface area contributed by atoms with Gasteiger partial charge >= 0.3 is 5.97 Å². The van der Waals surface area contributed by atoms with Gasteiger partial charge in [0.25, 0.3) is 0 Å². The molecule has 140 valence electrons. The van der Waals surface area contributed by atoms with E-state index in [-0.39, 0.29) is 11.4 Å². The zero-order valence-corrected chi connectivity index (χ0v) is 16.0. The number of fused-ring (bicyclic) bond motifs is 1. The maximum atomic E-state index is 13.4. The monoisotopic (exact) mass is 393 g/mol. The molecule has 0 amide bonds. The molecular weight excluding hydrogens is 377 g/mol. The van der Waals surface area contributed by atoms with Crippen LogP contribution in [0.2, 0.25) is 0 Å². The smallest absolute Gasteiger partial charge is 0.335 e. The number of hydrogen-bond donors (Lipinski definition) is 2. The van der Waals surface area contributed by atoms with Gasteiger partial charge < -0.3 is 10.4 Å². The van der Waals surface area contributed by atoms with Gasteiger partial charge in [-0.1, -0.05) is 12.1 Å². The zero-order valence-electron chi connectivity index (χ0n) is 15.2. The number of benzene rings is 2. The number of nitrogens with zero attached hydrogens (tertiary/aromatic N) is 2. The second-order valence-electron chi connectivity index (χ2n) is 6.35. The third kappa shape index (κ3) is 3.32. The lowest BCUT2D eigenvalue weighted by Crippen LogP contribution is -2.00. The van der Waals surface area contributed by atoms with Crippen LogP contribution in [0.3, 0.4) is 0 Å². The third-order valence-corrected chi connectivity index (χ3v) is 5.37. The highest BCUT2D eigenvalue weighted by Gasteiger charge is 2.18. The van der Waals surface area contributed by atoms with Crippen molar-refractivity contribution in [1.29, 1.82) is 0 Å². The summed E-state index contributed by atoms with van der Waals surface area (Å²) in [5.74, 6) is 0.00194. The number of aromatic nitrogens is 2. The maximum Gasteiger partial charge on any atom is 0.335 e. The lowest BCUT2D eigenvalue weighted by atomic mass is 10.0. The van der Waals surface area contributed by atoms with Crippen LogP contribution in [0, 0.1) is 19.7 Å². The molecule has 0 saturated carbocycles. The summed E-state index contributed by atoms with van der Waals surface area (Å²) >= 11 is 1.56. The van der Waals surface area contributed by atoms with Crippen molar-refractivity contribution in [3.05, 3.63) is 70.6 Å². The molecule has 0 radical (unpaired) electrons. The van der Waals surface area contributed by atoms with Crippen molar-refractivity contribution in [2.75, 3.05) is 5.32 Å². The number of anilines is 2. The SMILES string of the molecule is Cc1nc(Nc2ccc(C(=O)O)cc2)c2c(-c3ccc(F)cc3)c(C)sc2n1. The van der Waals surface area contributed by atoms with Crippen LogP contribution in [-0.2, 0) is 0 Å². The molecule has 0 saturated heterocycles. The van der Waals surface area contributed by atoms with Crippen LogP contribution >= 0.6 is 11.3 Å². The Bertz CT molecular complexity index is 1190. The van der Waals surface area contributed by atoms with Gasteiger partial charge in [0.15, 0.2) is 0 Å². The lowest BCUT2D eigenvalue weighted by molar-refractivity contribution is 0.0697. The van der Waals surface area contributed by atoms with Crippen molar-refractivity contribution in [3.8, 4) is 11.1 Å². The topological polar surface area (TPSA) is 75.1 Å². The fourth-order valence-corrected chi connectivity index (χ4v) is 4.20. The highest BCUT2D eigenvalue weighted by atomic mass is 32.1. The van der Waals surface area contributed by atoms with E-state index in [4.69, 9.17) is 5.11 Å². The molecule has 0 fully saturated rings. The molecular formula is C21H16FN3O2S. The molecule has 7 heteroatoms. The van der Waals surface area contributed by atoms with Crippen LogP contribution < -0.4 is 5.32 Å². The average molecular weight is 393 g/mol. The Kier molecular flexibility index (Phi) is 4.52. The molecule has 0 bridgehead atoms. The molecule has 0 unspecified atom stereocenters. The van der Waals surface area contributed by atoms with E-state index in [1.54, 1.807) is 35.6 Å². The first-order valence-electron chi connectivity index (χ1n) is 8.56. The molecule has 28 heavy (non-hydrogen) atoms. The quantitative estimate of drug-likeness (QED) is 0.475. The molecule has 0 aliphatic carbocycles. The highest BCUT2D eigenvalue weighted by molar-refractivity contribution is 7.19. The summed E-state index contributed by atoms with van der Waals surface area (Å²) in [7, 11) is 0. The van der Waals surface area contributed by atoms with E-state index in [2.05, 4.69) is 15.3 Å². The van der Waals surface area contributed by atoms with Crippen molar-refractivity contribution in [2.24, 2.45) is 0 Å². The average Bonchev–Trinajstić information content (AvgIpc) is 2.98. The van der Waals surface area contributed by atoms with E-state index >= 15 is 0 Å². The minimum atomic E-state index is -0.973. The van der Waals surface area contributed by atoms with Crippen LogP contribution in [0.5, 0.6) is 0 Å². The number of carboxylic acids is 1. The summed E-state index contributed by atoms with van der Waals surface area (Å²) in [6.45, 7) is 3.83. The predicted octanol–water partition coefficient (Wildman–Crippen LogP) is 5.56. The van der Waals surface area contributed by atoms with Gasteiger partial charge in [-0.25, -0.2) is 19.2 Å². The first-order chi connectivity index (χ1) is 13.4. The number of aryl methyl sites for hydroxylation is 2. The molecule has 0 aliphatic rings. The van der Waals surface area contributed by atoms with Gasteiger partial charge in [0, 0.05) is 16.1 Å². The first kappa shape index (κ1) is 18.1. The van der Waals surface area contributed by atoms with E-state index in [9.17, 15) is 9.18 Å². The molecule has 5 nitrogen and oxygen atoms in total. The maximum absolute atomic E-state index is 13.4. The third-order valence-electron chi connectivity index (χ3n) is 4.37. The molecule has 0 spiro atoms. The number of rotatable bonds is 4. The normalized spacial score (nSPS) is 11.0. The van der Waals surface area contributed by atoms with Crippen LogP contribution in [0.4, 0.5) is 15.9 Å². The first-order valence-corrected chi connectivity index (χ1v) is 9.38. The van der Waals surface area contributed by atoms with Crippen molar-refractivity contribution in [2.45, 2.75) is 13.8 Å². The van der Waals surface area contributed by atoms with Gasteiger partial charge in [-0.2, -0.15) is 0 Å². The highest BCUT2D eigenvalue weighted by Crippen LogP contribution is 2.41. The molecule has 4 rings (SSSR count). The second-order valence-corrected chi connectivity index (χ2v) is 7.55. The van der Waals surface area contributed by atoms with Crippen molar-refractivity contribution in [1.82, 2.24) is 9.97 Å². The number of hydrogen-bond acceptors (Lipinski definition) is 5. The largest absolute Gasteiger partial charge is 0.478 e. The second kappa shape index (κ2) is 7.01. The Morgan fingerprint density at radius 1 is 1.04 bits per heavy atom. The van der Waals surface area contributed by atoms with Crippen LogP contribution in [-0.4, -0.2) is 21.0 Å². The van der Waals surface area contributed by atoms with Gasteiger partial charge in [0.05, 0.1) is 10.9 Å². The standard InChI is InChI=1S/C21H16FN3O2S/c1-11-17(13-3-7-15(22)8-4-13)18-19(23-12(2)24-20(18)28-11)25-16-9-5-14(6-10-16)21(26)27/h3-10H,1-2H3,(H,26,27)(H,23,24,25). The van der Waals surface area contributed by atoms with E-state index in [0.29, 0.717) is 11.6 Å². The minimum absolute atomic E-state index is 0.216. The number of nitrogens with one attached hydrogen (secondary N) is 1. The summed E-state index contributed by atoms with van der Waals surface area (Å²) in [4.78, 5) is 22.1. The van der Waals surface area contributed by atoms with E-state index < -0.39 is 5.97 Å². The van der Waals surface area contributed by atoms with Crippen molar-refractivity contribution < 1.29 is 14.3 Å². The van der Waals surface area contributed by atoms with Gasteiger partial charge in [-0.3, -0.25) is 0 Å². The Hall–Kier alpha value is -3.32. The van der Waals surface area contributed by atoms with E-state index in [1.165, 1.54) is 24.3 Å². The molecule has 2 heterocycles. The number of carboxylic acid groups (broad SMARTS) is 1. The Labute approximate surface area is 164 Å². The number of thiophene rings is 1. The van der Waals surface area contributed by atoms with Crippen LogP contribution in [0.15, 0.2) is 48.5 Å². The summed E-state index contributed by atoms with van der Waals surface area (Å²) in [5.41, 5.74) is 2.79. The Balaban J connectivity index is 1.85. The van der Waals surface area contributed by atoms with Gasteiger partial charge in [-0.15, -0.1) is 11.3 Å². The summed E-state index contributed by atoms with van der Waals surface area (Å²) in [6, 6.07) is 12.8. The van der Waals surface area contributed by atoms with Gasteiger partial charge in [0.1, 0.15) is 22.3 Å². The van der Waals surface area contributed by atoms with Crippen LogP contribution in [0.1, 0.15) is 21.1 Å². The van der Waals surface area contributed by atoms with Gasteiger partial charge in [-0.05, 0) is 55.8 Å². The van der Waals surface area contributed by atoms with Crippen molar-refractivity contribution in [3.63, 3.8) is 0 Å². The van der Waals surface area contributed by atoms with Gasteiger partial charge in [0.2, 0.25) is 0 Å². The summed E-state index contributed by atoms with van der Waals surface area (Å²) in [6.07, 6.45) is 0. The fourth-order valence-electron chi connectivity index (χ4n) is 3.11. The Morgan fingerprint density at radius 2 is 1.71 bits per heavy atom. The van der Waals surface area contributed by atoms with Crippen molar-refractivity contribution >= 4 is 39.0 Å². The minimum Gasteiger partial charge on any atom is -0.478 e. The number of carbonyl (C=O) groups is 1. The van der Waals surface area contributed by atoms with E-state index in [1.807, 2.05) is 13.8 Å². The molecule has 0 atom stereocenters. The molecule has 2 aromatic carbocycles. The zero-order chi connectivity index (χ0) is 19.8. The summed E-state index contributed by atoms with van der Waals surface area (Å²) in [5, 5.41) is 13.2. The number of aromatic carboxylic acids is 1. The lowest BCUT2D eigenvalue weighted by Gasteiger charge is -2.10. The van der Waals surface area contributed by atoms with Crippen LogP contribution in [0.25, 0.3) is 21.3 Å².